The van der Waals surface area contributed by atoms with E-state index in [1.807, 2.05) is 0 Å². The lowest BCUT2D eigenvalue weighted by atomic mass is 9.78. The molecule has 0 atom stereocenters. The molecule has 7 nitrogen and oxygen atoms in total. The fraction of sp³-hybridized carbons (Fsp3) is 0.867. The molecule has 0 bridgehead atoms. The fourth-order valence-corrected chi connectivity index (χ4v) is 3.06. The number of nitrogens with zero attached hydrogens (tertiary/aromatic N) is 1. The molecule has 2 rings (SSSR count). The van der Waals surface area contributed by atoms with Gasteiger partial charge in [0.15, 0.2) is 0 Å². The molecule has 0 aromatic rings. The molecule has 2 heterocycles. The predicted molar refractivity (Wildman–Crippen MR) is 88.7 cm³/mol. The third-order valence-corrected chi connectivity index (χ3v) is 4.45. The summed E-state index contributed by atoms with van der Waals surface area (Å²) in [6, 6.07) is 0. The number of hydrogen-bond donors (Lipinski definition) is 2. The molecule has 2 aliphatic rings. The van der Waals surface area contributed by atoms with Crippen LogP contribution < -0.4 is 10.6 Å². The van der Waals surface area contributed by atoms with Crippen molar-refractivity contribution in [2.24, 2.45) is 5.41 Å². The van der Waals surface area contributed by atoms with Crippen LogP contribution in [0.25, 0.3) is 0 Å². The van der Waals surface area contributed by atoms with Crippen LogP contribution in [0.5, 0.6) is 0 Å². The van der Waals surface area contributed by atoms with Gasteiger partial charge in [0, 0.05) is 33.2 Å². The molecule has 134 valence electrons. The molecule has 0 saturated carbocycles. The quantitative estimate of drug-likeness (QED) is 0.693. The van der Waals surface area contributed by atoms with E-state index in [4.69, 9.17) is 9.47 Å². The lowest BCUT2D eigenvalue weighted by Crippen LogP contribution is -2.50. The van der Waals surface area contributed by atoms with E-state index in [-0.39, 0.29) is 24.2 Å². The van der Waals surface area contributed by atoms with Crippen molar-refractivity contribution in [2.45, 2.75) is 19.3 Å². The van der Waals surface area contributed by atoms with E-state index < -0.39 is 5.41 Å². The van der Waals surface area contributed by atoms with Gasteiger partial charge in [-0.15, -0.1) is 12.4 Å². The molecule has 2 amide bonds. The maximum atomic E-state index is 12.5. The Labute approximate surface area is 143 Å². The highest BCUT2D eigenvalue weighted by atomic mass is 35.5. The topological polar surface area (TPSA) is 79.9 Å². The zero-order valence-corrected chi connectivity index (χ0v) is 14.6. The van der Waals surface area contributed by atoms with E-state index in [9.17, 15) is 9.59 Å². The number of halogens is 1. The Morgan fingerprint density at radius 3 is 2.52 bits per heavy atom. The third-order valence-electron chi connectivity index (χ3n) is 4.45. The Hall–Kier alpha value is -0.890. The van der Waals surface area contributed by atoms with Crippen molar-refractivity contribution < 1.29 is 19.1 Å². The normalized spacial score (nSPS) is 20.5. The van der Waals surface area contributed by atoms with E-state index in [0.29, 0.717) is 45.9 Å². The van der Waals surface area contributed by atoms with Crippen LogP contribution in [-0.2, 0) is 19.1 Å². The summed E-state index contributed by atoms with van der Waals surface area (Å²) in [4.78, 5) is 26.3. The van der Waals surface area contributed by atoms with Crippen LogP contribution in [0.1, 0.15) is 19.3 Å². The third kappa shape index (κ3) is 5.60. The SMILES string of the molecule is COCC1(C(=O)NCCC(=O)N2CCOCC2)CCNCC1.Cl. The van der Waals surface area contributed by atoms with Crippen LogP contribution in [0.3, 0.4) is 0 Å². The van der Waals surface area contributed by atoms with Crippen LogP contribution in [0, 0.1) is 5.41 Å². The van der Waals surface area contributed by atoms with Gasteiger partial charge in [0.25, 0.3) is 0 Å². The molecule has 2 aliphatic heterocycles. The highest BCUT2D eigenvalue weighted by Crippen LogP contribution is 2.29. The highest BCUT2D eigenvalue weighted by Gasteiger charge is 2.39. The van der Waals surface area contributed by atoms with Crippen LogP contribution in [-0.4, -0.2) is 76.4 Å². The summed E-state index contributed by atoms with van der Waals surface area (Å²) in [5, 5.41) is 6.18. The van der Waals surface area contributed by atoms with E-state index in [2.05, 4.69) is 10.6 Å². The summed E-state index contributed by atoms with van der Waals surface area (Å²) in [6.07, 6.45) is 1.88. The molecule has 8 heteroatoms. The molecule has 0 aromatic heterocycles. The number of ether oxygens (including phenoxy) is 2. The standard InChI is InChI=1S/C15H27N3O4.ClH/c1-21-12-15(3-6-16-7-4-15)14(20)17-5-2-13(19)18-8-10-22-11-9-18;/h16H,2-12H2,1H3,(H,17,20);1H. The van der Waals surface area contributed by atoms with Crippen molar-refractivity contribution in [3.63, 3.8) is 0 Å². The van der Waals surface area contributed by atoms with Gasteiger partial charge in [-0.3, -0.25) is 9.59 Å². The van der Waals surface area contributed by atoms with Crippen LogP contribution in [0.4, 0.5) is 0 Å². The van der Waals surface area contributed by atoms with Crippen molar-refractivity contribution >= 4 is 24.2 Å². The molecule has 2 fully saturated rings. The lowest BCUT2D eigenvalue weighted by molar-refractivity contribution is -0.137. The molecule has 0 unspecified atom stereocenters. The zero-order valence-electron chi connectivity index (χ0n) is 13.8. The Bertz CT molecular complexity index is 377. The summed E-state index contributed by atoms with van der Waals surface area (Å²) in [5.74, 6) is 0.0836. The minimum atomic E-state index is -0.456. The fourth-order valence-electron chi connectivity index (χ4n) is 3.06. The summed E-state index contributed by atoms with van der Waals surface area (Å²) < 4.78 is 10.5. The number of methoxy groups -OCH3 is 1. The predicted octanol–water partition coefficient (Wildman–Crippen LogP) is -0.210. The molecular weight excluding hydrogens is 322 g/mol. The summed E-state index contributed by atoms with van der Waals surface area (Å²) in [7, 11) is 1.62. The first-order valence-corrected chi connectivity index (χ1v) is 8.01. The summed E-state index contributed by atoms with van der Waals surface area (Å²) >= 11 is 0. The van der Waals surface area contributed by atoms with Gasteiger partial charge in [0.1, 0.15) is 0 Å². The van der Waals surface area contributed by atoms with Gasteiger partial charge in [-0.2, -0.15) is 0 Å². The Morgan fingerprint density at radius 2 is 1.91 bits per heavy atom. The van der Waals surface area contributed by atoms with E-state index in [1.165, 1.54) is 0 Å². The van der Waals surface area contributed by atoms with Crippen molar-refractivity contribution in [1.82, 2.24) is 15.5 Å². The largest absolute Gasteiger partial charge is 0.384 e. The molecule has 2 N–H and O–H groups in total. The minimum Gasteiger partial charge on any atom is -0.384 e. The smallest absolute Gasteiger partial charge is 0.228 e. The number of morpholine rings is 1. The van der Waals surface area contributed by atoms with Crippen molar-refractivity contribution in [1.29, 1.82) is 0 Å². The van der Waals surface area contributed by atoms with Gasteiger partial charge in [-0.1, -0.05) is 0 Å². The van der Waals surface area contributed by atoms with Crippen molar-refractivity contribution in [3.8, 4) is 0 Å². The number of amides is 2. The highest BCUT2D eigenvalue weighted by molar-refractivity contribution is 5.85. The Kier molecular flexibility index (Phi) is 8.83. The number of carbonyl (C=O) groups is 2. The van der Waals surface area contributed by atoms with Gasteiger partial charge < -0.3 is 25.0 Å². The second-order valence-electron chi connectivity index (χ2n) is 5.96. The molecule has 0 spiro atoms. The van der Waals surface area contributed by atoms with Gasteiger partial charge in [0.05, 0.1) is 25.2 Å². The molecule has 0 aromatic carbocycles. The van der Waals surface area contributed by atoms with E-state index in [0.717, 1.165) is 25.9 Å². The van der Waals surface area contributed by atoms with Crippen molar-refractivity contribution in [2.75, 3.05) is 59.7 Å². The number of piperidine rings is 1. The van der Waals surface area contributed by atoms with Gasteiger partial charge in [-0.05, 0) is 25.9 Å². The average Bonchev–Trinajstić information content (AvgIpc) is 2.56. The maximum absolute atomic E-state index is 12.5. The van der Waals surface area contributed by atoms with Gasteiger partial charge in [-0.25, -0.2) is 0 Å². The lowest BCUT2D eigenvalue weighted by Gasteiger charge is -2.35. The van der Waals surface area contributed by atoms with Crippen LogP contribution >= 0.6 is 12.4 Å². The monoisotopic (exact) mass is 349 g/mol. The number of carbonyl (C=O) groups excluding carboxylic acids is 2. The van der Waals surface area contributed by atoms with Gasteiger partial charge >= 0.3 is 0 Å². The zero-order chi connectivity index (χ0) is 15.8. The average molecular weight is 350 g/mol. The van der Waals surface area contributed by atoms with Crippen molar-refractivity contribution in [3.05, 3.63) is 0 Å². The molecular formula is C15H28ClN3O4. The first-order chi connectivity index (χ1) is 10.7. The minimum absolute atomic E-state index is 0. The maximum Gasteiger partial charge on any atom is 0.228 e. The molecule has 23 heavy (non-hydrogen) atoms. The van der Waals surface area contributed by atoms with Crippen LogP contribution in [0.2, 0.25) is 0 Å². The number of nitrogens with one attached hydrogen (secondary N) is 2. The molecule has 0 aliphatic carbocycles. The van der Waals surface area contributed by atoms with E-state index >= 15 is 0 Å². The number of hydrogen-bond acceptors (Lipinski definition) is 5. The second-order valence-corrected chi connectivity index (χ2v) is 5.96. The second kappa shape index (κ2) is 10.1. The molecule has 2 saturated heterocycles. The first-order valence-electron chi connectivity index (χ1n) is 8.01. The Morgan fingerprint density at radius 1 is 1.26 bits per heavy atom. The van der Waals surface area contributed by atoms with Gasteiger partial charge in [0.2, 0.25) is 11.8 Å². The first kappa shape index (κ1) is 20.2. The summed E-state index contributed by atoms with van der Waals surface area (Å²) in [6.45, 7) is 4.95. The molecule has 0 radical (unpaired) electrons. The number of rotatable bonds is 6. The van der Waals surface area contributed by atoms with E-state index in [1.54, 1.807) is 12.0 Å². The summed E-state index contributed by atoms with van der Waals surface area (Å²) in [5.41, 5.74) is -0.456. The Balaban J connectivity index is 0.00000264. The van der Waals surface area contributed by atoms with Crippen LogP contribution in [0.15, 0.2) is 0 Å².